The molecule has 0 N–H and O–H groups in total. The minimum absolute atomic E-state index is 0.250. The molecule has 0 aliphatic carbocycles. The molecule has 1 heterocycles. The van der Waals surface area contributed by atoms with Crippen LogP contribution in [0.25, 0.3) is 0 Å². The molecule has 0 radical (unpaired) electrons. The first-order valence-electron chi connectivity index (χ1n) is 5.88. The summed E-state index contributed by atoms with van der Waals surface area (Å²) in [7, 11) is 0. The van der Waals surface area contributed by atoms with Gasteiger partial charge in [-0.2, -0.15) is 0 Å². The molecule has 3 nitrogen and oxygen atoms in total. The molecule has 0 saturated carbocycles. The first kappa shape index (κ1) is 18.9. The third kappa shape index (κ3) is 11.0. The molecule has 0 unspecified atom stereocenters. The van der Waals surface area contributed by atoms with Crippen molar-refractivity contribution in [2.75, 3.05) is 26.3 Å². The van der Waals surface area contributed by atoms with Gasteiger partial charge in [0.2, 0.25) is 5.91 Å². The molecular formula is C11H23BrNO2Zn+. The Morgan fingerprint density at radius 1 is 1.19 bits per heavy atom. The number of hydrogen-bond donors (Lipinski definition) is 0. The van der Waals surface area contributed by atoms with Crippen LogP contribution in [0.5, 0.6) is 0 Å². The molecule has 92 valence electrons. The quantitative estimate of drug-likeness (QED) is 0.736. The molecule has 1 rings (SSSR count). The normalized spacial score (nSPS) is 13.1. The molecule has 1 aliphatic rings. The second-order valence-electron chi connectivity index (χ2n) is 3.24. The standard InChI is InChI=1S/C7H15NO.C4H8O.BrH.Zn/c1-4-7(9)8(5-2)6-3;1-2-4-5-3-1;;/h4-6H2,1-3H3;1-4H2;1H;/q;;;+2/p-1. The van der Waals surface area contributed by atoms with Crippen LogP contribution in [0.4, 0.5) is 0 Å². The fraction of sp³-hybridized carbons (Fsp3) is 0.909. The first-order valence-corrected chi connectivity index (χ1v) is 12.8. The Morgan fingerprint density at radius 2 is 1.62 bits per heavy atom. The molecule has 0 spiro atoms. The maximum atomic E-state index is 10.9. The van der Waals surface area contributed by atoms with E-state index < -0.39 is 0 Å². The van der Waals surface area contributed by atoms with Gasteiger partial charge in [-0.25, -0.2) is 0 Å². The van der Waals surface area contributed by atoms with E-state index in [9.17, 15) is 4.79 Å². The monoisotopic (exact) mass is 344 g/mol. The predicted molar refractivity (Wildman–Crippen MR) is 67.2 cm³/mol. The summed E-state index contributed by atoms with van der Waals surface area (Å²) in [5.74, 6) is 0.250. The van der Waals surface area contributed by atoms with Gasteiger partial charge in [0.25, 0.3) is 0 Å². The molecule has 0 bridgehead atoms. The van der Waals surface area contributed by atoms with Crippen molar-refractivity contribution >= 4 is 19.5 Å². The number of carbonyl (C=O) groups is 1. The summed E-state index contributed by atoms with van der Waals surface area (Å²) in [6.45, 7) is 9.56. The van der Waals surface area contributed by atoms with E-state index in [4.69, 9.17) is 4.74 Å². The second-order valence-corrected chi connectivity index (χ2v) is 3.24. The van der Waals surface area contributed by atoms with Gasteiger partial charge in [0, 0.05) is 32.7 Å². The number of nitrogens with zero attached hydrogens (tertiary/aromatic N) is 1. The summed E-state index contributed by atoms with van der Waals surface area (Å²) in [6, 6.07) is 0. The summed E-state index contributed by atoms with van der Waals surface area (Å²) < 4.78 is 4.94. The van der Waals surface area contributed by atoms with Crippen LogP contribution in [0.2, 0.25) is 0 Å². The van der Waals surface area contributed by atoms with Gasteiger partial charge >= 0.3 is 30.0 Å². The van der Waals surface area contributed by atoms with Crippen molar-refractivity contribution in [3.63, 3.8) is 0 Å². The molecule has 0 atom stereocenters. The van der Waals surface area contributed by atoms with Gasteiger partial charge in [-0.05, 0) is 26.7 Å². The third-order valence-electron chi connectivity index (χ3n) is 2.25. The molecular weight excluding hydrogens is 323 g/mol. The number of carbonyl (C=O) groups excluding carboxylic acids is 1. The van der Waals surface area contributed by atoms with Crippen molar-refractivity contribution in [1.82, 2.24) is 4.90 Å². The molecule has 1 saturated heterocycles. The molecule has 0 aromatic heterocycles. The van der Waals surface area contributed by atoms with E-state index in [0.29, 0.717) is 6.42 Å². The van der Waals surface area contributed by atoms with Gasteiger partial charge < -0.3 is 9.64 Å². The van der Waals surface area contributed by atoms with E-state index in [-0.39, 0.29) is 5.91 Å². The zero-order valence-corrected chi connectivity index (χ0v) is 15.4. The van der Waals surface area contributed by atoms with Crippen LogP contribution < -0.4 is 0 Å². The van der Waals surface area contributed by atoms with Gasteiger partial charge in [0.1, 0.15) is 0 Å². The summed E-state index contributed by atoms with van der Waals surface area (Å²) in [5, 5.41) is 0. The van der Waals surface area contributed by atoms with E-state index in [1.54, 1.807) is 0 Å². The van der Waals surface area contributed by atoms with Crippen molar-refractivity contribution in [3.8, 4) is 0 Å². The van der Waals surface area contributed by atoms with Gasteiger partial charge in [-0.15, -0.1) is 0 Å². The molecule has 1 amide bonds. The average Bonchev–Trinajstić information content (AvgIpc) is 2.92. The van der Waals surface area contributed by atoms with Crippen LogP contribution in [0.1, 0.15) is 40.0 Å². The minimum atomic E-state index is 0.250. The number of hydrogen-bond acceptors (Lipinski definition) is 2. The fourth-order valence-corrected chi connectivity index (χ4v) is 1.31. The number of rotatable bonds is 3. The van der Waals surface area contributed by atoms with Gasteiger partial charge in [0.05, 0.1) is 0 Å². The van der Waals surface area contributed by atoms with Gasteiger partial charge in [-0.1, -0.05) is 6.92 Å². The summed E-state index contributed by atoms with van der Waals surface area (Å²) in [6.07, 6.45) is 3.18. The zero-order chi connectivity index (χ0) is 12.8. The third-order valence-corrected chi connectivity index (χ3v) is 2.25. The van der Waals surface area contributed by atoms with Crippen molar-refractivity contribution in [2.45, 2.75) is 40.0 Å². The van der Waals surface area contributed by atoms with E-state index in [0.717, 1.165) is 26.3 Å². The summed E-state index contributed by atoms with van der Waals surface area (Å²) in [4.78, 5) is 12.7. The van der Waals surface area contributed by atoms with Crippen LogP contribution >= 0.6 is 13.6 Å². The van der Waals surface area contributed by atoms with Crippen LogP contribution in [0.15, 0.2) is 0 Å². The Hall–Kier alpha value is 0.533. The molecule has 0 aromatic rings. The van der Waals surface area contributed by atoms with Crippen molar-refractivity contribution in [3.05, 3.63) is 0 Å². The van der Waals surface area contributed by atoms with E-state index in [1.165, 1.54) is 29.2 Å². The van der Waals surface area contributed by atoms with Gasteiger partial charge in [0.15, 0.2) is 0 Å². The average molecular weight is 347 g/mol. The summed E-state index contributed by atoms with van der Waals surface area (Å²) in [5.41, 5.74) is 0. The van der Waals surface area contributed by atoms with E-state index in [2.05, 4.69) is 13.6 Å². The molecule has 1 aliphatic heterocycles. The molecule has 0 aromatic carbocycles. The van der Waals surface area contributed by atoms with E-state index >= 15 is 0 Å². The Labute approximate surface area is 116 Å². The predicted octanol–water partition coefficient (Wildman–Crippen LogP) is 2.90. The molecule has 16 heavy (non-hydrogen) atoms. The molecule has 1 fully saturated rings. The van der Waals surface area contributed by atoms with E-state index in [1.807, 2.05) is 25.7 Å². The van der Waals surface area contributed by atoms with Crippen LogP contribution in [0.3, 0.4) is 0 Å². The zero-order valence-electron chi connectivity index (χ0n) is 10.8. The van der Waals surface area contributed by atoms with Crippen molar-refractivity contribution < 1.29 is 25.9 Å². The summed E-state index contributed by atoms with van der Waals surface area (Å²) >= 11 is 4.25. The van der Waals surface area contributed by atoms with Gasteiger partial charge in [-0.3, -0.25) is 4.79 Å². The fourth-order valence-electron chi connectivity index (χ4n) is 1.31. The van der Waals surface area contributed by atoms with Crippen molar-refractivity contribution in [2.24, 2.45) is 0 Å². The number of halogens is 1. The Kier molecular flexibility index (Phi) is 18.3. The Morgan fingerprint density at radius 3 is 1.75 bits per heavy atom. The van der Waals surface area contributed by atoms with Crippen LogP contribution in [-0.4, -0.2) is 37.1 Å². The Balaban J connectivity index is 0. The SMILES string of the molecule is C1CCOC1.CCC(=O)N(CC)CC.[Zn+][Br]. The van der Waals surface area contributed by atoms with Crippen molar-refractivity contribution in [1.29, 1.82) is 0 Å². The molecule has 5 heteroatoms. The topological polar surface area (TPSA) is 29.5 Å². The Bertz CT molecular complexity index is 143. The maximum absolute atomic E-state index is 10.9. The van der Waals surface area contributed by atoms with Crippen LogP contribution in [0, 0.1) is 0 Å². The second kappa shape index (κ2) is 15.5. The number of amides is 1. The first-order chi connectivity index (χ1) is 7.76. The number of ether oxygens (including phenoxy) is 1. The van der Waals surface area contributed by atoms with Crippen LogP contribution in [-0.2, 0) is 25.9 Å².